The number of aryl methyl sites for hydroxylation is 1. The summed E-state index contributed by atoms with van der Waals surface area (Å²) in [6, 6.07) is 7.84. The second-order valence-corrected chi connectivity index (χ2v) is 7.51. The molecule has 0 radical (unpaired) electrons. The van der Waals surface area contributed by atoms with Gasteiger partial charge in [0.25, 0.3) is 0 Å². The van der Waals surface area contributed by atoms with E-state index in [2.05, 4.69) is 10.6 Å². The molecule has 2 aromatic rings. The molecule has 2 atom stereocenters. The van der Waals surface area contributed by atoms with E-state index in [0.29, 0.717) is 13.0 Å². The highest BCUT2D eigenvalue weighted by Crippen LogP contribution is 2.27. The number of carbonyl (C=O) groups excluding carboxylic acids is 1. The molecule has 1 aromatic heterocycles. The number of nitrogens with one attached hydrogen (secondary N) is 2. The first-order valence-corrected chi connectivity index (χ1v) is 8.85. The normalized spacial score (nSPS) is 20.0. The number of thiophene rings is 1. The SMILES string of the molecule is Cc1ccc(CC(=O)NC2CNCCC2c2ccc(F)c(F)c2)s1.Cl. The van der Waals surface area contributed by atoms with Crippen LogP contribution in [0.2, 0.25) is 0 Å². The van der Waals surface area contributed by atoms with E-state index >= 15 is 0 Å². The van der Waals surface area contributed by atoms with Crippen LogP contribution in [0.1, 0.15) is 27.7 Å². The molecule has 3 rings (SSSR count). The van der Waals surface area contributed by atoms with Gasteiger partial charge >= 0.3 is 0 Å². The van der Waals surface area contributed by atoms with Crippen molar-refractivity contribution in [2.45, 2.75) is 31.7 Å². The third kappa shape index (κ3) is 5.00. The topological polar surface area (TPSA) is 41.1 Å². The zero-order valence-electron chi connectivity index (χ0n) is 13.9. The van der Waals surface area contributed by atoms with Crippen LogP contribution in [0.3, 0.4) is 0 Å². The summed E-state index contributed by atoms with van der Waals surface area (Å²) >= 11 is 1.61. The van der Waals surface area contributed by atoms with E-state index in [1.54, 1.807) is 17.4 Å². The molecule has 2 heterocycles. The van der Waals surface area contributed by atoms with Crippen LogP contribution >= 0.6 is 23.7 Å². The lowest BCUT2D eigenvalue weighted by atomic mass is 9.86. The Morgan fingerprint density at radius 3 is 2.76 bits per heavy atom. The minimum atomic E-state index is -0.846. The lowest BCUT2D eigenvalue weighted by molar-refractivity contribution is -0.121. The highest BCUT2D eigenvalue weighted by Gasteiger charge is 2.28. The maximum Gasteiger partial charge on any atom is 0.225 e. The summed E-state index contributed by atoms with van der Waals surface area (Å²) in [7, 11) is 0. The fourth-order valence-electron chi connectivity index (χ4n) is 3.15. The third-order valence-corrected chi connectivity index (χ3v) is 5.33. The Morgan fingerprint density at radius 1 is 1.28 bits per heavy atom. The van der Waals surface area contributed by atoms with E-state index in [4.69, 9.17) is 0 Å². The average Bonchev–Trinajstić information content (AvgIpc) is 2.95. The van der Waals surface area contributed by atoms with Crippen LogP contribution in [0.5, 0.6) is 0 Å². The number of hydrogen-bond acceptors (Lipinski definition) is 3. The maximum atomic E-state index is 13.5. The average molecular weight is 387 g/mol. The van der Waals surface area contributed by atoms with Gasteiger partial charge in [-0.25, -0.2) is 8.78 Å². The molecule has 7 heteroatoms. The molecule has 2 unspecified atom stereocenters. The van der Waals surface area contributed by atoms with Crippen molar-refractivity contribution in [3.8, 4) is 0 Å². The first kappa shape index (κ1) is 19.8. The van der Waals surface area contributed by atoms with Crippen LogP contribution in [-0.4, -0.2) is 25.0 Å². The third-order valence-electron chi connectivity index (χ3n) is 4.33. The molecule has 0 aliphatic carbocycles. The Kier molecular flexibility index (Phi) is 6.93. The fourth-order valence-corrected chi connectivity index (χ4v) is 4.04. The van der Waals surface area contributed by atoms with E-state index in [9.17, 15) is 13.6 Å². The molecule has 25 heavy (non-hydrogen) atoms. The minimum absolute atomic E-state index is 0. The van der Waals surface area contributed by atoms with E-state index in [0.717, 1.165) is 29.5 Å². The summed E-state index contributed by atoms with van der Waals surface area (Å²) < 4.78 is 26.7. The predicted octanol–water partition coefficient (Wildman–Crippen LogP) is 3.56. The minimum Gasteiger partial charge on any atom is -0.351 e. The Balaban J connectivity index is 0.00000225. The maximum absolute atomic E-state index is 13.5. The number of carbonyl (C=O) groups is 1. The Morgan fingerprint density at radius 2 is 2.08 bits per heavy atom. The van der Waals surface area contributed by atoms with Crippen molar-refractivity contribution in [3.63, 3.8) is 0 Å². The van der Waals surface area contributed by atoms with E-state index < -0.39 is 11.6 Å². The zero-order chi connectivity index (χ0) is 17.1. The van der Waals surface area contributed by atoms with Crippen molar-refractivity contribution < 1.29 is 13.6 Å². The summed E-state index contributed by atoms with van der Waals surface area (Å²) in [5.41, 5.74) is 0.729. The van der Waals surface area contributed by atoms with E-state index in [-0.39, 0.29) is 30.3 Å². The lowest BCUT2D eigenvalue weighted by Crippen LogP contribution is -2.50. The summed E-state index contributed by atoms with van der Waals surface area (Å²) in [4.78, 5) is 14.5. The number of amides is 1. The molecule has 1 saturated heterocycles. The van der Waals surface area contributed by atoms with Gasteiger partial charge in [0.05, 0.1) is 6.42 Å². The molecular weight excluding hydrogens is 366 g/mol. The van der Waals surface area contributed by atoms with Crippen molar-refractivity contribution in [1.82, 2.24) is 10.6 Å². The molecule has 1 aliphatic heterocycles. The summed E-state index contributed by atoms with van der Waals surface area (Å²) in [6.07, 6.45) is 1.12. The van der Waals surface area contributed by atoms with Gasteiger partial charge in [-0.3, -0.25) is 4.79 Å². The predicted molar refractivity (Wildman–Crippen MR) is 98.5 cm³/mol. The number of piperidine rings is 1. The molecule has 0 bridgehead atoms. The molecule has 2 N–H and O–H groups in total. The Labute approximate surface area is 156 Å². The smallest absolute Gasteiger partial charge is 0.225 e. The highest BCUT2D eigenvalue weighted by atomic mass is 35.5. The van der Waals surface area contributed by atoms with Gasteiger partial charge in [-0.05, 0) is 49.7 Å². The van der Waals surface area contributed by atoms with Crippen molar-refractivity contribution in [2.75, 3.05) is 13.1 Å². The van der Waals surface area contributed by atoms with Gasteiger partial charge in [0.1, 0.15) is 0 Å². The largest absolute Gasteiger partial charge is 0.351 e. The van der Waals surface area contributed by atoms with Gasteiger partial charge < -0.3 is 10.6 Å². The molecule has 1 amide bonds. The Hall–Kier alpha value is -1.50. The number of hydrogen-bond donors (Lipinski definition) is 2. The van der Waals surface area contributed by atoms with Gasteiger partial charge in [0, 0.05) is 28.3 Å². The lowest BCUT2D eigenvalue weighted by Gasteiger charge is -2.33. The summed E-state index contributed by atoms with van der Waals surface area (Å²) in [5, 5.41) is 6.30. The molecule has 0 saturated carbocycles. The molecule has 1 fully saturated rings. The number of benzene rings is 1. The first-order valence-electron chi connectivity index (χ1n) is 8.03. The van der Waals surface area contributed by atoms with Gasteiger partial charge in [-0.15, -0.1) is 23.7 Å². The first-order chi connectivity index (χ1) is 11.5. The van der Waals surface area contributed by atoms with Crippen LogP contribution in [0, 0.1) is 18.6 Å². The molecule has 1 aliphatic rings. The van der Waals surface area contributed by atoms with Crippen molar-refractivity contribution >= 4 is 29.7 Å². The van der Waals surface area contributed by atoms with Crippen LogP contribution < -0.4 is 10.6 Å². The fraction of sp³-hybridized carbons (Fsp3) is 0.389. The zero-order valence-corrected chi connectivity index (χ0v) is 15.5. The molecule has 3 nitrogen and oxygen atoms in total. The van der Waals surface area contributed by atoms with Crippen molar-refractivity contribution in [1.29, 1.82) is 0 Å². The van der Waals surface area contributed by atoms with Crippen molar-refractivity contribution in [2.24, 2.45) is 0 Å². The standard InChI is InChI=1S/C18H20F2N2OS.ClH/c1-11-2-4-13(24-11)9-18(23)22-17-10-21-7-6-14(17)12-3-5-15(19)16(20)8-12;/h2-5,8,14,17,21H,6-7,9-10H2,1H3,(H,22,23);1H. The van der Waals surface area contributed by atoms with Crippen molar-refractivity contribution in [3.05, 3.63) is 57.3 Å². The second kappa shape index (κ2) is 8.74. The number of rotatable bonds is 4. The van der Waals surface area contributed by atoms with E-state index in [1.807, 2.05) is 19.1 Å². The monoisotopic (exact) mass is 386 g/mol. The van der Waals surface area contributed by atoms with Crippen LogP contribution in [0.25, 0.3) is 0 Å². The van der Waals surface area contributed by atoms with Gasteiger partial charge in [-0.2, -0.15) is 0 Å². The van der Waals surface area contributed by atoms with Gasteiger partial charge in [0.2, 0.25) is 5.91 Å². The van der Waals surface area contributed by atoms with Gasteiger partial charge in [-0.1, -0.05) is 6.07 Å². The molecule has 0 spiro atoms. The highest BCUT2D eigenvalue weighted by molar-refractivity contribution is 7.12. The molecule has 1 aromatic carbocycles. The molecular formula is C18H21ClF2N2OS. The van der Waals surface area contributed by atoms with Gasteiger partial charge in [0.15, 0.2) is 11.6 Å². The number of halogens is 3. The quantitative estimate of drug-likeness (QED) is 0.843. The van der Waals surface area contributed by atoms with Crippen LogP contribution in [0.15, 0.2) is 30.3 Å². The van der Waals surface area contributed by atoms with E-state index in [1.165, 1.54) is 10.9 Å². The van der Waals surface area contributed by atoms with Crippen LogP contribution in [-0.2, 0) is 11.2 Å². The molecule has 136 valence electrons. The summed E-state index contributed by atoms with van der Waals surface area (Å²) in [6.45, 7) is 3.43. The second-order valence-electron chi connectivity index (χ2n) is 6.14. The van der Waals surface area contributed by atoms with Crippen LogP contribution in [0.4, 0.5) is 8.78 Å². The summed E-state index contributed by atoms with van der Waals surface area (Å²) in [5.74, 6) is -1.75. The Bertz CT molecular complexity index is 738.